The fraction of sp³-hybridized carbons (Fsp3) is 0.857. The number of nitrogens with zero attached hydrogens (tertiary/aromatic N) is 1. The van der Waals surface area contributed by atoms with Crippen molar-refractivity contribution in [2.24, 2.45) is 0 Å². The minimum atomic E-state index is -1.05. The molecule has 6 heteroatoms. The Morgan fingerprint density at radius 1 is 1.25 bits per heavy atom. The number of hydrogen-bond acceptors (Lipinski definition) is 3. The van der Waals surface area contributed by atoms with Gasteiger partial charge in [0, 0.05) is 12.6 Å². The van der Waals surface area contributed by atoms with Gasteiger partial charge in [-0.15, -0.1) is 0 Å². The zero-order valence-corrected chi connectivity index (χ0v) is 12.2. The van der Waals surface area contributed by atoms with Crippen molar-refractivity contribution in [2.75, 3.05) is 20.1 Å². The van der Waals surface area contributed by atoms with Crippen molar-refractivity contribution in [3.63, 3.8) is 0 Å². The first-order valence-corrected chi connectivity index (χ1v) is 7.53. The molecule has 0 radical (unpaired) electrons. The van der Waals surface area contributed by atoms with Crippen LogP contribution >= 0.6 is 0 Å². The zero-order valence-electron chi connectivity index (χ0n) is 12.2. The van der Waals surface area contributed by atoms with Crippen molar-refractivity contribution in [3.8, 4) is 0 Å². The fourth-order valence-electron chi connectivity index (χ4n) is 3.24. The first-order chi connectivity index (χ1) is 9.53. The first kappa shape index (κ1) is 15.1. The summed E-state index contributed by atoms with van der Waals surface area (Å²) in [6, 6.07) is 0.00660. The highest BCUT2D eigenvalue weighted by atomic mass is 16.4. The van der Waals surface area contributed by atoms with Crippen LogP contribution in [0.25, 0.3) is 0 Å². The summed E-state index contributed by atoms with van der Waals surface area (Å²) in [5.74, 6) is -0.917. The highest BCUT2D eigenvalue weighted by molar-refractivity contribution is 5.86. The number of likely N-dealkylation sites (N-methyl/N-ethyl adjacent to an activating group) is 1. The van der Waals surface area contributed by atoms with Crippen molar-refractivity contribution in [1.29, 1.82) is 0 Å². The molecule has 1 aliphatic heterocycles. The van der Waals surface area contributed by atoms with E-state index in [4.69, 9.17) is 0 Å². The molecular weight excluding hydrogens is 258 g/mol. The summed E-state index contributed by atoms with van der Waals surface area (Å²) in [4.78, 5) is 25.6. The van der Waals surface area contributed by atoms with Crippen LogP contribution < -0.4 is 10.6 Å². The number of amides is 2. The summed E-state index contributed by atoms with van der Waals surface area (Å²) in [7, 11) is 2.07. The monoisotopic (exact) mass is 283 g/mol. The molecule has 1 aliphatic carbocycles. The SMILES string of the molecule is CN1CCCCC1CNC(=O)NC1(C(=O)O)CCCC1. The van der Waals surface area contributed by atoms with E-state index in [1.54, 1.807) is 0 Å². The number of carbonyl (C=O) groups excluding carboxylic acids is 1. The van der Waals surface area contributed by atoms with E-state index in [9.17, 15) is 14.7 Å². The summed E-state index contributed by atoms with van der Waals surface area (Å²) in [5.41, 5.74) is -1.05. The number of hydrogen-bond donors (Lipinski definition) is 3. The van der Waals surface area contributed by atoms with Crippen LogP contribution in [-0.2, 0) is 4.79 Å². The van der Waals surface area contributed by atoms with E-state index in [-0.39, 0.29) is 6.03 Å². The molecule has 0 aromatic carbocycles. The molecule has 114 valence electrons. The molecule has 1 saturated carbocycles. The van der Waals surface area contributed by atoms with Gasteiger partial charge in [-0.25, -0.2) is 9.59 Å². The molecular formula is C14H25N3O3. The third kappa shape index (κ3) is 3.42. The minimum Gasteiger partial charge on any atom is -0.480 e. The third-order valence-corrected chi connectivity index (χ3v) is 4.64. The maximum absolute atomic E-state index is 12.0. The van der Waals surface area contributed by atoms with Gasteiger partial charge in [-0.1, -0.05) is 19.3 Å². The number of carboxylic acids is 1. The molecule has 0 aromatic heterocycles. The normalized spacial score (nSPS) is 26.1. The summed E-state index contributed by atoms with van der Waals surface area (Å²) < 4.78 is 0. The highest BCUT2D eigenvalue weighted by Crippen LogP contribution is 2.29. The smallest absolute Gasteiger partial charge is 0.329 e. The van der Waals surface area contributed by atoms with Gasteiger partial charge >= 0.3 is 12.0 Å². The lowest BCUT2D eigenvalue weighted by Gasteiger charge is -2.33. The molecule has 0 bridgehead atoms. The maximum Gasteiger partial charge on any atom is 0.329 e. The highest BCUT2D eigenvalue weighted by Gasteiger charge is 2.42. The van der Waals surface area contributed by atoms with Gasteiger partial charge in [0.1, 0.15) is 5.54 Å². The number of urea groups is 1. The van der Waals surface area contributed by atoms with Gasteiger partial charge in [-0.3, -0.25) is 0 Å². The number of carbonyl (C=O) groups is 2. The summed E-state index contributed by atoms with van der Waals surface area (Å²) in [6.45, 7) is 1.64. The van der Waals surface area contributed by atoms with Crippen LogP contribution in [-0.4, -0.2) is 53.7 Å². The van der Waals surface area contributed by atoms with Gasteiger partial charge in [-0.2, -0.15) is 0 Å². The van der Waals surface area contributed by atoms with Crippen LogP contribution in [0.4, 0.5) is 4.79 Å². The van der Waals surface area contributed by atoms with Crippen LogP contribution in [0.5, 0.6) is 0 Å². The van der Waals surface area contributed by atoms with Crippen LogP contribution in [0.3, 0.4) is 0 Å². The van der Waals surface area contributed by atoms with Crippen molar-refractivity contribution < 1.29 is 14.7 Å². The van der Waals surface area contributed by atoms with Crippen LogP contribution in [0.2, 0.25) is 0 Å². The molecule has 3 N–H and O–H groups in total. The van der Waals surface area contributed by atoms with E-state index in [0.717, 1.165) is 25.8 Å². The molecule has 20 heavy (non-hydrogen) atoms. The van der Waals surface area contributed by atoms with Gasteiger partial charge in [-0.05, 0) is 39.3 Å². The van der Waals surface area contributed by atoms with E-state index >= 15 is 0 Å². The Kier molecular flexibility index (Phi) is 4.86. The average Bonchev–Trinajstić information content (AvgIpc) is 2.88. The zero-order chi connectivity index (χ0) is 14.6. The second-order valence-electron chi connectivity index (χ2n) is 6.06. The molecule has 1 heterocycles. The molecule has 1 unspecified atom stereocenters. The molecule has 0 spiro atoms. The Hall–Kier alpha value is -1.30. The van der Waals surface area contributed by atoms with Gasteiger partial charge in [0.15, 0.2) is 0 Å². The standard InChI is InChI=1S/C14H25N3O3/c1-17-9-5-2-6-11(17)10-15-13(20)16-14(12(18)19)7-3-4-8-14/h11H,2-10H2,1H3,(H,18,19)(H2,15,16,20). The van der Waals surface area contributed by atoms with Crippen molar-refractivity contribution >= 4 is 12.0 Å². The topological polar surface area (TPSA) is 81.7 Å². The van der Waals surface area contributed by atoms with Crippen LogP contribution in [0.15, 0.2) is 0 Å². The van der Waals surface area contributed by atoms with Gasteiger partial charge in [0.05, 0.1) is 0 Å². The van der Waals surface area contributed by atoms with E-state index in [0.29, 0.717) is 25.4 Å². The average molecular weight is 283 g/mol. The number of piperidine rings is 1. The molecule has 2 amide bonds. The second kappa shape index (κ2) is 6.43. The Balaban J connectivity index is 1.81. The lowest BCUT2D eigenvalue weighted by molar-refractivity contribution is -0.144. The quantitative estimate of drug-likeness (QED) is 0.723. The molecule has 2 rings (SSSR count). The summed E-state index contributed by atoms with van der Waals surface area (Å²) in [6.07, 6.45) is 6.26. The van der Waals surface area contributed by atoms with Crippen LogP contribution in [0.1, 0.15) is 44.9 Å². The predicted molar refractivity (Wildman–Crippen MR) is 75.6 cm³/mol. The largest absolute Gasteiger partial charge is 0.480 e. The lowest BCUT2D eigenvalue weighted by Crippen LogP contribution is -2.57. The molecule has 1 saturated heterocycles. The van der Waals surface area contributed by atoms with Gasteiger partial charge in [0.25, 0.3) is 0 Å². The Morgan fingerprint density at radius 2 is 1.95 bits per heavy atom. The number of nitrogens with one attached hydrogen (secondary N) is 2. The first-order valence-electron chi connectivity index (χ1n) is 7.53. The van der Waals surface area contributed by atoms with E-state index in [1.807, 2.05) is 0 Å². The third-order valence-electron chi connectivity index (χ3n) is 4.64. The van der Waals surface area contributed by atoms with E-state index in [2.05, 4.69) is 22.6 Å². The van der Waals surface area contributed by atoms with E-state index < -0.39 is 11.5 Å². The van der Waals surface area contributed by atoms with E-state index in [1.165, 1.54) is 12.8 Å². The Labute approximate surface area is 119 Å². The maximum atomic E-state index is 12.0. The van der Waals surface area contributed by atoms with Crippen molar-refractivity contribution in [2.45, 2.75) is 56.5 Å². The number of rotatable bonds is 4. The minimum absolute atomic E-state index is 0.353. The Bertz CT molecular complexity index is 367. The molecule has 2 fully saturated rings. The van der Waals surface area contributed by atoms with Crippen molar-refractivity contribution in [1.82, 2.24) is 15.5 Å². The second-order valence-corrected chi connectivity index (χ2v) is 6.06. The predicted octanol–water partition coefficient (Wildman–Crippen LogP) is 1.17. The van der Waals surface area contributed by atoms with Crippen LogP contribution in [0, 0.1) is 0 Å². The van der Waals surface area contributed by atoms with Gasteiger partial charge < -0.3 is 20.6 Å². The number of carboxylic acid groups (broad SMARTS) is 1. The Morgan fingerprint density at radius 3 is 2.55 bits per heavy atom. The van der Waals surface area contributed by atoms with Crippen molar-refractivity contribution in [3.05, 3.63) is 0 Å². The lowest BCUT2D eigenvalue weighted by atomic mass is 9.98. The molecule has 0 aromatic rings. The summed E-state index contributed by atoms with van der Waals surface area (Å²) >= 11 is 0. The molecule has 6 nitrogen and oxygen atoms in total. The molecule has 2 aliphatic rings. The fourth-order valence-corrected chi connectivity index (χ4v) is 3.24. The number of likely N-dealkylation sites (tertiary alicyclic amines) is 1. The summed E-state index contributed by atoms with van der Waals surface area (Å²) in [5, 5.41) is 14.8. The number of aliphatic carboxylic acids is 1. The van der Waals surface area contributed by atoms with Gasteiger partial charge in [0.2, 0.25) is 0 Å². The molecule has 1 atom stereocenters.